The van der Waals surface area contributed by atoms with Crippen LogP contribution in [0.5, 0.6) is 0 Å². The fourth-order valence-electron chi connectivity index (χ4n) is 4.45. The number of urea groups is 1. The molecule has 0 bridgehead atoms. The summed E-state index contributed by atoms with van der Waals surface area (Å²) in [5.41, 5.74) is -1.99. The summed E-state index contributed by atoms with van der Waals surface area (Å²) in [4.78, 5) is 14.7. The Bertz CT molecular complexity index is 1240. The summed E-state index contributed by atoms with van der Waals surface area (Å²) in [7, 11) is 0. The highest BCUT2D eigenvalue weighted by atomic mass is 19.4. The van der Waals surface area contributed by atoms with E-state index in [2.05, 4.69) is 10.5 Å². The number of halogens is 6. The largest absolute Gasteiger partial charge is 0.416 e. The lowest BCUT2D eigenvalue weighted by atomic mass is 9.85. The van der Waals surface area contributed by atoms with Crippen LogP contribution in [0.25, 0.3) is 0 Å². The molecule has 1 aliphatic rings. The number of aryl methyl sites for hydroxylation is 2. The van der Waals surface area contributed by atoms with Crippen molar-refractivity contribution in [3.63, 3.8) is 0 Å². The van der Waals surface area contributed by atoms with E-state index in [0.717, 1.165) is 5.56 Å². The Morgan fingerprint density at radius 1 is 1.03 bits per heavy atom. The van der Waals surface area contributed by atoms with E-state index >= 15 is 0 Å². The van der Waals surface area contributed by atoms with Crippen molar-refractivity contribution in [2.75, 3.05) is 13.2 Å². The molecule has 6 nitrogen and oxygen atoms in total. The zero-order valence-electron chi connectivity index (χ0n) is 20.5. The molecule has 1 aliphatic heterocycles. The molecule has 1 saturated heterocycles. The highest BCUT2D eigenvalue weighted by Crippen LogP contribution is 2.37. The molecule has 2 amide bonds. The molecule has 2 heterocycles. The van der Waals surface area contributed by atoms with Gasteiger partial charge in [-0.15, -0.1) is 0 Å². The number of alkyl halides is 6. The first-order valence-electron chi connectivity index (χ1n) is 11.7. The summed E-state index contributed by atoms with van der Waals surface area (Å²) in [6, 6.07) is 9.81. The average molecular weight is 541 g/mol. The summed E-state index contributed by atoms with van der Waals surface area (Å²) in [5.74, 6) is 0.595. The van der Waals surface area contributed by atoms with Crippen LogP contribution in [0.15, 0.2) is 53.1 Å². The van der Waals surface area contributed by atoms with Crippen molar-refractivity contribution in [1.29, 1.82) is 0 Å². The number of rotatable bonds is 7. The Labute approximate surface area is 214 Å². The summed E-state index contributed by atoms with van der Waals surface area (Å²) < 4.78 is 90.2. The number of amides is 2. The Morgan fingerprint density at radius 2 is 1.66 bits per heavy atom. The molecule has 0 spiro atoms. The van der Waals surface area contributed by atoms with Crippen LogP contribution in [-0.2, 0) is 35.8 Å². The molecule has 2 aromatic carbocycles. The van der Waals surface area contributed by atoms with E-state index in [-0.39, 0.29) is 24.8 Å². The molecule has 1 N–H and O–H groups in total. The van der Waals surface area contributed by atoms with Crippen LogP contribution in [0.2, 0.25) is 0 Å². The van der Waals surface area contributed by atoms with Crippen LogP contribution in [0.1, 0.15) is 45.7 Å². The van der Waals surface area contributed by atoms with Crippen LogP contribution in [0, 0.1) is 13.8 Å². The van der Waals surface area contributed by atoms with Gasteiger partial charge in [0.25, 0.3) is 0 Å². The van der Waals surface area contributed by atoms with E-state index in [4.69, 9.17) is 9.26 Å². The fourth-order valence-corrected chi connectivity index (χ4v) is 4.45. The van der Waals surface area contributed by atoms with Gasteiger partial charge in [-0.25, -0.2) is 4.79 Å². The van der Waals surface area contributed by atoms with Gasteiger partial charge in [0.1, 0.15) is 5.76 Å². The number of carbonyl (C=O) groups is 1. The van der Waals surface area contributed by atoms with Gasteiger partial charge in [-0.05, 0) is 49.6 Å². The molecule has 1 aromatic heterocycles. The zero-order valence-corrected chi connectivity index (χ0v) is 20.5. The summed E-state index contributed by atoms with van der Waals surface area (Å²) >= 11 is 0. The van der Waals surface area contributed by atoms with Crippen LogP contribution in [0.4, 0.5) is 31.1 Å². The monoisotopic (exact) mass is 541 g/mol. The van der Waals surface area contributed by atoms with Crippen molar-refractivity contribution in [3.8, 4) is 0 Å². The summed E-state index contributed by atoms with van der Waals surface area (Å²) in [5, 5.41) is 6.86. The van der Waals surface area contributed by atoms with E-state index in [1.54, 1.807) is 49.1 Å². The van der Waals surface area contributed by atoms with Gasteiger partial charge in [0.15, 0.2) is 0 Å². The lowest BCUT2D eigenvalue weighted by Crippen LogP contribution is -2.59. The molecule has 4 rings (SSSR count). The number of carbonyl (C=O) groups excluding carboxylic acids is 1. The Balaban J connectivity index is 1.54. The lowest BCUT2D eigenvalue weighted by molar-refractivity contribution is -0.143. The molecular formula is C26H25F6N3O3. The average Bonchev–Trinajstić information content (AvgIpc) is 3.17. The number of aromatic nitrogens is 1. The molecular weight excluding hydrogens is 516 g/mol. The molecule has 1 atom stereocenters. The third-order valence-corrected chi connectivity index (χ3v) is 6.56. The second-order valence-electron chi connectivity index (χ2n) is 9.26. The van der Waals surface area contributed by atoms with Crippen LogP contribution in [0.3, 0.4) is 0 Å². The third kappa shape index (κ3) is 5.95. The molecule has 0 radical (unpaired) electrons. The Hall–Kier alpha value is -3.54. The van der Waals surface area contributed by atoms with Crippen molar-refractivity contribution in [2.24, 2.45) is 0 Å². The van der Waals surface area contributed by atoms with Crippen molar-refractivity contribution in [1.82, 2.24) is 15.4 Å². The van der Waals surface area contributed by atoms with Crippen LogP contribution < -0.4 is 5.32 Å². The predicted octanol–water partition coefficient (Wildman–Crippen LogP) is 6.36. The molecule has 204 valence electrons. The maximum Gasteiger partial charge on any atom is 0.416 e. The fraction of sp³-hybridized carbons (Fsp3) is 0.385. The van der Waals surface area contributed by atoms with Crippen LogP contribution in [-0.4, -0.2) is 29.2 Å². The van der Waals surface area contributed by atoms with E-state index in [1.807, 2.05) is 0 Å². The molecule has 38 heavy (non-hydrogen) atoms. The highest BCUT2D eigenvalue weighted by Gasteiger charge is 2.41. The summed E-state index contributed by atoms with van der Waals surface area (Å²) in [6.45, 7) is 3.42. The third-order valence-electron chi connectivity index (χ3n) is 6.56. The molecule has 12 heteroatoms. The summed E-state index contributed by atoms with van der Waals surface area (Å²) in [6.07, 6.45) is -9.53. The zero-order chi connectivity index (χ0) is 27.7. The van der Waals surface area contributed by atoms with Crippen molar-refractivity contribution in [3.05, 3.63) is 87.8 Å². The number of nitrogens with one attached hydrogen (secondary N) is 1. The number of ether oxygens (including phenoxy) is 1. The lowest BCUT2D eigenvalue weighted by Gasteiger charge is -2.42. The van der Waals surface area contributed by atoms with Gasteiger partial charge in [0.2, 0.25) is 0 Å². The Morgan fingerprint density at radius 3 is 2.18 bits per heavy atom. The molecule has 1 fully saturated rings. The predicted molar refractivity (Wildman–Crippen MR) is 124 cm³/mol. The van der Waals surface area contributed by atoms with Gasteiger partial charge in [0, 0.05) is 12.1 Å². The molecule has 3 aromatic rings. The number of hydrogen-bond donors (Lipinski definition) is 1. The normalized spacial score (nSPS) is 18.5. The minimum Gasteiger partial charge on any atom is -0.374 e. The maximum atomic E-state index is 13.2. The molecule has 0 aliphatic carbocycles. The van der Waals surface area contributed by atoms with Gasteiger partial charge in [-0.3, -0.25) is 0 Å². The van der Waals surface area contributed by atoms with E-state index in [1.165, 1.54) is 0 Å². The molecule has 1 unspecified atom stereocenters. The first kappa shape index (κ1) is 27.5. The van der Waals surface area contributed by atoms with E-state index in [9.17, 15) is 31.1 Å². The van der Waals surface area contributed by atoms with E-state index in [0.29, 0.717) is 42.1 Å². The highest BCUT2D eigenvalue weighted by molar-refractivity contribution is 5.76. The minimum atomic E-state index is -4.96. The van der Waals surface area contributed by atoms with Gasteiger partial charge in [0.05, 0.1) is 42.1 Å². The second kappa shape index (κ2) is 10.3. The first-order valence-corrected chi connectivity index (χ1v) is 11.7. The SMILES string of the molecule is Cc1noc(C)c1CN1CCC(COCc2cc(C(F)(F)F)cc(C(F)(F)F)c2)(c2ccccc2)NC1=O. The van der Waals surface area contributed by atoms with Crippen LogP contribution >= 0.6 is 0 Å². The van der Waals surface area contributed by atoms with Crippen molar-refractivity contribution < 1.29 is 40.4 Å². The van der Waals surface area contributed by atoms with Crippen molar-refractivity contribution in [2.45, 2.75) is 51.3 Å². The second-order valence-corrected chi connectivity index (χ2v) is 9.26. The first-order chi connectivity index (χ1) is 17.8. The van der Waals surface area contributed by atoms with Gasteiger partial charge < -0.3 is 19.5 Å². The van der Waals surface area contributed by atoms with E-state index < -0.39 is 41.7 Å². The number of benzene rings is 2. The minimum absolute atomic E-state index is 0.0733. The molecule has 0 saturated carbocycles. The number of nitrogens with zero attached hydrogens (tertiary/aromatic N) is 2. The quantitative estimate of drug-likeness (QED) is 0.354. The van der Waals surface area contributed by atoms with Gasteiger partial charge in [-0.2, -0.15) is 26.3 Å². The standard InChI is InChI=1S/C26H25F6N3O3/c1-16-22(17(2)38-34-16)13-35-9-8-24(33-23(35)36,19-6-4-3-5-7-19)15-37-14-18-10-20(25(27,28)29)12-21(11-18)26(30,31)32/h3-7,10-12H,8-9,13-15H2,1-2H3,(H,33,36). The van der Waals surface area contributed by atoms with Gasteiger partial charge in [-0.1, -0.05) is 35.5 Å². The Kier molecular flexibility index (Phi) is 7.46. The smallest absolute Gasteiger partial charge is 0.374 e. The maximum absolute atomic E-state index is 13.2. The topological polar surface area (TPSA) is 67.6 Å². The van der Waals surface area contributed by atoms with Gasteiger partial charge >= 0.3 is 18.4 Å². The van der Waals surface area contributed by atoms with Crippen molar-refractivity contribution >= 4 is 6.03 Å². The number of hydrogen-bond acceptors (Lipinski definition) is 4.